The molecule has 0 bridgehead atoms. The molecule has 2 amide bonds. The summed E-state index contributed by atoms with van der Waals surface area (Å²) in [5.41, 5.74) is 2.20. The van der Waals surface area contributed by atoms with Crippen molar-refractivity contribution in [3.05, 3.63) is 71.9 Å². The number of methoxy groups -OCH3 is 1. The van der Waals surface area contributed by atoms with Gasteiger partial charge in [0.05, 0.1) is 7.11 Å². The molecule has 0 aliphatic rings. The first-order valence-corrected chi connectivity index (χ1v) is 7.67. The Morgan fingerprint density at radius 1 is 1.09 bits per heavy atom. The molecule has 23 heavy (non-hydrogen) atoms. The lowest BCUT2D eigenvalue weighted by Crippen LogP contribution is -2.32. The van der Waals surface area contributed by atoms with Crippen molar-refractivity contribution in [3.63, 3.8) is 0 Å². The van der Waals surface area contributed by atoms with Gasteiger partial charge in [-0.3, -0.25) is 0 Å². The van der Waals surface area contributed by atoms with Crippen molar-refractivity contribution in [2.75, 3.05) is 13.7 Å². The van der Waals surface area contributed by atoms with Crippen LogP contribution in [0.25, 0.3) is 6.08 Å². The number of carbonyl (C=O) groups is 1. The van der Waals surface area contributed by atoms with E-state index >= 15 is 0 Å². The number of amides is 2. The number of hydrogen-bond acceptors (Lipinski definition) is 2. The summed E-state index contributed by atoms with van der Waals surface area (Å²) < 4.78 is 5.24. The van der Waals surface area contributed by atoms with Gasteiger partial charge in [0.1, 0.15) is 5.75 Å². The van der Waals surface area contributed by atoms with Gasteiger partial charge >= 0.3 is 6.03 Å². The minimum absolute atomic E-state index is 0.204. The summed E-state index contributed by atoms with van der Waals surface area (Å²) in [6.07, 6.45) is 5.29. The average Bonchev–Trinajstić information content (AvgIpc) is 2.60. The Hall–Kier alpha value is -2.75. The fraction of sp³-hybridized carbons (Fsp3) is 0.211. The fourth-order valence-electron chi connectivity index (χ4n) is 2.20. The number of ether oxygens (including phenoxy) is 1. The molecule has 0 unspecified atom stereocenters. The second-order valence-corrected chi connectivity index (χ2v) is 5.06. The van der Waals surface area contributed by atoms with Crippen molar-refractivity contribution in [1.82, 2.24) is 10.6 Å². The molecule has 4 nitrogen and oxygen atoms in total. The molecule has 2 aromatic rings. The topological polar surface area (TPSA) is 50.4 Å². The minimum Gasteiger partial charge on any atom is -0.496 e. The van der Waals surface area contributed by atoms with Gasteiger partial charge in [-0.05, 0) is 30.5 Å². The summed E-state index contributed by atoms with van der Waals surface area (Å²) in [5.74, 6) is 0.772. The van der Waals surface area contributed by atoms with E-state index in [0.717, 1.165) is 24.2 Å². The van der Waals surface area contributed by atoms with Gasteiger partial charge in [0, 0.05) is 18.3 Å². The molecule has 0 atom stereocenters. The van der Waals surface area contributed by atoms with Gasteiger partial charge in [-0.15, -0.1) is 0 Å². The van der Waals surface area contributed by atoms with Crippen molar-refractivity contribution < 1.29 is 9.53 Å². The first-order chi connectivity index (χ1) is 11.3. The Morgan fingerprint density at radius 2 is 1.83 bits per heavy atom. The average molecular weight is 310 g/mol. The fourth-order valence-corrected chi connectivity index (χ4v) is 2.20. The van der Waals surface area contributed by atoms with Crippen molar-refractivity contribution in [3.8, 4) is 5.75 Å². The first-order valence-electron chi connectivity index (χ1n) is 7.67. The highest BCUT2D eigenvalue weighted by Gasteiger charge is 1.99. The van der Waals surface area contributed by atoms with E-state index in [2.05, 4.69) is 22.8 Å². The highest BCUT2D eigenvalue weighted by molar-refractivity contribution is 5.76. The predicted molar refractivity (Wildman–Crippen MR) is 93.3 cm³/mol. The molecule has 4 heteroatoms. The monoisotopic (exact) mass is 310 g/mol. The largest absolute Gasteiger partial charge is 0.496 e. The van der Waals surface area contributed by atoms with Crippen molar-refractivity contribution in [2.45, 2.75) is 12.8 Å². The van der Waals surface area contributed by atoms with Crippen molar-refractivity contribution in [2.24, 2.45) is 0 Å². The molecule has 0 spiro atoms. The lowest BCUT2D eigenvalue weighted by Gasteiger charge is -2.06. The summed E-state index contributed by atoms with van der Waals surface area (Å²) >= 11 is 0. The highest BCUT2D eigenvalue weighted by Crippen LogP contribution is 2.18. The van der Waals surface area contributed by atoms with Gasteiger partial charge in [0.25, 0.3) is 0 Å². The van der Waals surface area contributed by atoms with Crippen LogP contribution in [-0.2, 0) is 6.42 Å². The van der Waals surface area contributed by atoms with Gasteiger partial charge in [0.2, 0.25) is 0 Å². The zero-order chi connectivity index (χ0) is 16.3. The smallest absolute Gasteiger partial charge is 0.318 e. The van der Waals surface area contributed by atoms with Crippen LogP contribution in [0.2, 0.25) is 0 Å². The molecule has 2 N–H and O–H groups in total. The summed E-state index contributed by atoms with van der Waals surface area (Å²) in [7, 11) is 1.62. The van der Waals surface area contributed by atoms with E-state index in [4.69, 9.17) is 4.74 Å². The molecule has 0 radical (unpaired) electrons. The molecule has 0 fully saturated rings. The lowest BCUT2D eigenvalue weighted by molar-refractivity contribution is 0.244. The molecule has 0 saturated heterocycles. The molecule has 0 heterocycles. The maximum Gasteiger partial charge on any atom is 0.318 e. The van der Waals surface area contributed by atoms with E-state index < -0.39 is 0 Å². The van der Waals surface area contributed by atoms with Gasteiger partial charge in [0.15, 0.2) is 0 Å². The Morgan fingerprint density at radius 3 is 2.61 bits per heavy atom. The third-order valence-corrected chi connectivity index (χ3v) is 3.39. The van der Waals surface area contributed by atoms with Crippen LogP contribution in [0.4, 0.5) is 4.79 Å². The van der Waals surface area contributed by atoms with Crippen LogP contribution < -0.4 is 15.4 Å². The Balaban J connectivity index is 1.68. The number of benzene rings is 2. The standard InChI is InChI=1S/C19H22N2O2/c1-23-18-12-6-5-11-17(18)13-15-21-19(22)20-14-7-10-16-8-3-2-4-9-16/h2-6,8-9,11-13,15H,7,10,14H2,1H3,(H2,20,21,22)/b15-13+. The Bertz CT molecular complexity index is 639. The molecular weight excluding hydrogens is 288 g/mol. The number of para-hydroxylation sites is 1. The van der Waals surface area contributed by atoms with E-state index in [1.165, 1.54) is 5.56 Å². The number of rotatable bonds is 7. The zero-order valence-electron chi connectivity index (χ0n) is 13.3. The van der Waals surface area contributed by atoms with Crippen molar-refractivity contribution >= 4 is 12.1 Å². The van der Waals surface area contributed by atoms with Crippen LogP contribution in [0, 0.1) is 0 Å². The number of nitrogens with one attached hydrogen (secondary N) is 2. The van der Waals surface area contributed by atoms with Gasteiger partial charge in [-0.1, -0.05) is 48.5 Å². The number of carbonyl (C=O) groups excluding carboxylic acids is 1. The summed E-state index contributed by atoms with van der Waals surface area (Å²) in [4.78, 5) is 11.7. The van der Waals surface area contributed by atoms with Crippen LogP contribution in [0.15, 0.2) is 60.8 Å². The summed E-state index contributed by atoms with van der Waals surface area (Å²) in [6, 6.07) is 17.7. The SMILES string of the molecule is COc1ccccc1/C=C/NC(=O)NCCCc1ccccc1. The van der Waals surface area contributed by atoms with Gasteiger partial charge in [-0.25, -0.2) is 4.79 Å². The maximum atomic E-state index is 11.7. The van der Waals surface area contributed by atoms with Gasteiger partial charge in [-0.2, -0.15) is 0 Å². The Kier molecular flexibility index (Phi) is 6.72. The summed E-state index contributed by atoms with van der Waals surface area (Å²) in [6.45, 7) is 0.642. The second kappa shape index (κ2) is 9.30. The second-order valence-electron chi connectivity index (χ2n) is 5.06. The van der Waals surface area contributed by atoms with Crippen molar-refractivity contribution in [1.29, 1.82) is 0 Å². The van der Waals surface area contributed by atoms with E-state index in [1.54, 1.807) is 13.3 Å². The molecule has 2 aromatic carbocycles. The normalized spacial score (nSPS) is 10.5. The number of aryl methyl sites for hydroxylation is 1. The van der Waals surface area contributed by atoms with E-state index in [9.17, 15) is 4.79 Å². The maximum absolute atomic E-state index is 11.7. The molecule has 120 valence electrons. The number of urea groups is 1. The zero-order valence-corrected chi connectivity index (χ0v) is 13.3. The molecule has 0 aliphatic carbocycles. The number of hydrogen-bond donors (Lipinski definition) is 2. The molecular formula is C19H22N2O2. The predicted octanol–water partition coefficient (Wildman–Crippen LogP) is 3.60. The van der Waals surface area contributed by atoms with Crippen LogP contribution in [0.3, 0.4) is 0 Å². The van der Waals surface area contributed by atoms with E-state index in [1.807, 2.05) is 48.5 Å². The first kappa shape index (κ1) is 16.6. The van der Waals surface area contributed by atoms with E-state index in [-0.39, 0.29) is 6.03 Å². The molecule has 0 saturated carbocycles. The highest BCUT2D eigenvalue weighted by atomic mass is 16.5. The summed E-state index contributed by atoms with van der Waals surface area (Å²) in [5, 5.41) is 5.53. The lowest BCUT2D eigenvalue weighted by atomic mass is 10.1. The third kappa shape index (κ3) is 5.87. The van der Waals surface area contributed by atoms with Gasteiger partial charge < -0.3 is 15.4 Å². The molecule has 2 rings (SSSR count). The van der Waals surface area contributed by atoms with E-state index in [0.29, 0.717) is 6.54 Å². The minimum atomic E-state index is -0.204. The van der Waals surface area contributed by atoms with Crippen LogP contribution in [-0.4, -0.2) is 19.7 Å². The molecule has 0 aromatic heterocycles. The van der Waals surface area contributed by atoms with Crippen LogP contribution in [0.1, 0.15) is 17.5 Å². The quantitative estimate of drug-likeness (QED) is 0.768. The van der Waals surface area contributed by atoms with Crippen LogP contribution >= 0.6 is 0 Å². The third-order valence-electron chi connectivity index (χ3n) is 3.39. The Labute approximate surface area is 137 Å². The van der Waals surface area contributed by atoms with Crippen LogP contribution in [0.5, 0.6) is 5.75 Å². The molecule has 0 aliphatic heterocycles.